The molecule has 4 rings (SSSR count). The minimum Gasteiger partial charge on any atom is -0.341 e. The van der Waals surface area contributed by atoms with Crippen LogP contribution in [0.25, 0.3) is 5.69 Å². The van der Waals surface area contributed by atoms with Gasteiger partial charge in [-0.2, -0.15) is 0 Å². The van der Waals surface area contributed by atoms with Gasteiger partial charge in [0, 0.05) is 23.8 Å². The molecule has 1 aromatic heterocycles. The summed E-state index contributed by atoms with van der Waals surface area (Å²) in [6.07, 6.45) is 4.03. The summed E-state index contributed by atoms with van der Waals surface area (Å²) < 4.78 is 2.01. The van der Waals surface area contributed by atoms with E-state index in [4.69, 9.17) is 11.6 Å². The number of benzene rings is 2. The highest BCUT2D eigenvalue weighted by Gasteiger charge is 2.23. The van der Waals surface area contributed by atoms with Gasteiger partial charge < -0.3 is 10.2 Å². The summed E-state index contributed by atoms with van der Waals surface area (Å²) in [6.45, 7) is 6.12. The first kappa shape index (κ1) is 22.7. The van der Waals surface area contributed by atoms with Gasteiger partial charge in [-0.05, 0) is 55.0 Å². The van der Waals surface area contributed by atoms with E-state index < -0.39 is 0 Å². The first-order valence-electron chi connectivity index (χ1n) is 11.1. The van der Waals surface area contributed by atoms with Gasteiger partial charge in [0.05, 0.1) is 11.4 Å². The molecule has 1 fully saturated rings. The maximum Gasteiger partial charge on any atom is 0.234 e. The molecule has 0 spiro atoms. The SMILES string of the molecule is CCc1cccc(CC)c1NC(=O)CSc1nnc(N2CCCC2)n1-c1cccc(Cl)c1. The zero-order chi connectivity index (χ0) is 22.5. The number of hydrogen-bond acceptors (Lipinski definition) is 5. The molecule has 2 aromatic carbocycles. The molecule has 0 saturated carbocycles. The summed E-state index contributed by atoms with van der Waals surface area (Å²) in [5.41, 5.74) is 4.15. The molecule has 32 heavy (non-hydrogen) atoms. The van der Waals surface area contributed by atoms with Gasteiger partial charge in [0.2, 0.25) is 11.9 Å². The van der Waals surface area contributed by atoms with E-state index in [0.717, 1.165) is 67.2 Å². The largest absolute Gasteiger partial charge is 0.341 e. The Morgan fingerprint density at radius 3 is 2.41 bits per heavy atom. The van der Waals surface area contributed by atoms with Crippen molar-refractivity contribution in [2.24, 2.45) is 0 Å². The highest BCUT2D eigenvalue weighted by Crippen LogP contribution is 2.30. The first-order chi connectivity index (χ1) is 15.6. The lowest BCUT2D eigenvalue weighted by atomic mass is 10.0. The van der Waals surface area contributed by atoms with Crippen LogP contribution < -0.4 is 10.2 Å². The number of rotatable bonds is 8. The molecule has 2 heterocycles. The lowest BCUT2D eigenvalue weighted by Crippen LogP contribution is -2.22. The summed E-state index contributed by atoms with van der Waals surface area (Å²) in [4.78, 5) is 15.1. The van der Waals surface area contributed by atoms with E-state index in [9.17, 15) is 4.79 Å². The second kappa shape index (κ2) is 10.4. The maximum atomic E-state index is 12.9. The predicted octanol–water partition coefficient (Wildman–Crippen LogP) is 5.38. The molecule has 1 N–H and O–H groups in total. The van der Waals surface area contributed by atoms with E-state index >= 15 is 0 Å². The summed E-state index contributed by atoms with van der Waals surface area (Å²) in [5, 5.41) is 13.4. The van der Waals surface area contributed by atoms with E-state index in [1.807, 2.05) is 28.8 Å². The smallest absolute Gasteiger partial charge is 0.234 e. The molecule has 1 saturated heterocycles. The number of aryl methyl sites for hydroxylation is 2. The topological polar surface area (TPSA) is 63.1 Å². The molecule has 1 aliphatic heterocycles. The molecule has 6 nitrogen and oxygen atoms in total. The molecule has 1 amide bonds. The van der Waals surface area contributed by atoms with Crippen molar-refractivity contribution >= 4 is 40.9 Å². The van der Waals surface area contributed by atoms with Crippen molar-refractivity contribution in [3.05, 3.63) is 58.6 Å². The second-order valence-corrected chi connectivity index (χ2v) is 9.17. The van der Waals surface area contributed by atoms with E-state index in [-0.39, 0.29) is 11.7 Å². The third-order valence-corrected chi connectivity index (χ3v) is 6.83. The third kappa shape index (κ3) is 4.94. The molecular weight excluding hydrogens is 442 g/mol. The van der Waals surface area contributed by atoms with Gasteiger partial charge >= 0.3 is 0 Å². The highest BCUT2D eigenvalue weighted by atomic mass is 35.5. The van der Waals surface area contributed by atoms with Gasteiger partial charge in [0.15, 0.2) is 5.16 Å². The zero-order valence-electron chi connectivity index (χ0n) is 18.5. The minimum absolute atomic E-state index is 0.0473. The quantitative estimate of drug-likeness (QED) is 0.449. The second-order valence-electron chi connectivity index (χ2n) is 7.79. The third-order valence-electron chi connectivity index (χ3n) is 5.67. The number of nitrogens with one attached hydrogen (secondary N) is 1. The van der Waals surface area contributed by atoms with Crippen LogP contribution in [0.1, 0.15) is 37.8 Å². The summed E-state index contributed by atoms with van der Waals surface area (Å²) in [7, 11) is 0. The number of amides is 1. The lowest BCUT2D eigenvalue weighted by Gasteiger charge is -2.18. The van der Waals surface area contributed by atoms with Crippen molar-refractivity contribution in [3.8, 4) is 5.69 Å². The van der Waals surface area contributed by atoms with Crippen molar-refractivity contribution in [1.82, 2.24) is 14.8 Å². The van der Waals surface area contributed by atoms with Crippen molar-refractivity contribution in [2.45, 2.75) is 44.7 Å². The summed E-state index contributed by atoms with van der Waals surface area (Å²) in [5.74, 6) is 1.01. The molecule has 168 valence electrons. The van der Waals surface area contributed by atoms with E-state index in [2.05, 4.69) is 52.5 Å². The normalized spacial score (nSPS) is 13.5. The Morgan fingerprint density at radius 1 is 1.06 bits per heavy atom. The average molecular weight is 470 g/mol. The average Bonchev–Trinajstić information content (AvgIpc) is 3.47. The number of carbonyl (C=O) groups excluding carboxylic acids is 1. The number of anilines is 2. The summed E-state index contributed by atoms with van der Waals surface area (Å²) >= 11 is 7.65. The van der Waals surface area contributed by atoms with E-state index in [0.29, 0.717) is 10.2 Å². The van der Waals surface area contributed by atoms with Crippen LogP contribution in [-0.4, -0.2) is 39.5 Å². The van der Waals surface area contributed by atoms with Crippen molar-refractivity contribution in [1.29, 1.82) is 0 Å². The maximum absolute atomic E-state index is 12.9. The monoisotopic (exact) mass is 469 g/mol. The molecule has 0 aliphatic carbocycles. The molecule has 0 unspecified atom stereocenters. The van der Waals surface area contributed by atoms with Crippen LogP contribution in [0.15, 0.2) is 47.6 Å². The van der Waals surface area contributed by atoms with Crippen molar-refractivity contribution < 1.29 is 4.79 Å². The Bertz CT molecular complexity index is 1070. The van der Waals surface area contributed by atoms with Crippen LogP contribution in [0.5, 0.6) is 0 Å². The number of nitrogens with zero attached hydrogens (tertiary/aromatic N) is 4. The van der Waals surface area contributed by atoms with Crippen LogP contribution in [0.2, 0.25) is 5.02 Å². The lowest BCUT2D eigenvalue weighted by molar-refractivity contribution is -0.113. The Labute approximate surface area is 198 Å². The van der Waals surface area contributed by atoms with Crippen LogP contribution in [0.4, 0.5) is 11.6 Å². The van der Waals surface area contributed by atoms with Gasteiger partial charge in [-0.25, -0.2) is 0 Å². The number of thioether (sulfide) groups is 1. The van der Waals surface area contributed by atoms with Crippen LogP contribution >= 0.6 is 23.4 Å². The Hall–Kier alpha value is -2.51. The molecular formula is C24H28ClN5OS. The first-order valence-corrected chi connectivity index (χ1v) is 12.5. The van der Waals surface area contributed by atoms with Crippen molar-refractivity contribution in [3.63, 3.8) is 0 Å². The standard InChI is InChI=1S/C24H28ClN5OS/c1-3-17-9-7-10-18(4-2)22(17)26-21(31)16-32-24-28-27-23(29-13-5-6-14-29)30(24)20-12-8-11-19(25)15-20/h7-12,15H,3-6,13-14,16H2,1-2H3,(H,26,31). The number of hydrogen-bond donors (Lipinski definition) is 1. The molecule has 3 aromatic rings. The minimum atomic E-state index is -0.0473. The molecule has 8 heteroatoms. The number of carbonyl (C=O) groups is 1. The van der Waals surface area contributed by atoms with Gasteiger partial charge in [-0.1, -0.05) is 61.5 Å². The van der Waals surface area contributed by atoms with Crippen LogP contribution in [0, 0.1) is 0 Å². The fourth-order valence-electron chi connectivity index (χ4n) is 4.03. The van der Waals surface area contributed by atoms with Gasteiger partial charge in [-0.15, -0.1) is 10.2 Å². The molecule has 0 radical (unpaired) electrons. The fraction of sp³-hybridized carbons (Fsp3) is 0.375. The summed E-state index contributed by atoms with van der Waals surface area (Å²) in [6, 6.07) is 13.8. The Morgan fingerprint density at radius 2 is 1.75 bits per heavy atom. The molecule has 0 atom stereocenters. The Balaban J connectivity index is 1.56. The van der Waals surface area contributed by atoms with Gasteiger partial charge in [0.1, 0.15) is 0 Å². The molecule has 1 aliphatic rings. The van der Waals surface area contributed by atoms with Gasteiger partial charge in [0.25, 0.3) is 0 Å². The number of para-hydroxylation sites is 1. The zero-order valence-corrected chi connectivity index (χ0v) is 20.0. The van der Waals surface area contributed by atoms with E-state index in [1.165, 1.54) is 11.8 Å². The van der Waals surface area contributed by atoms with Crippen LogP contribution in [-0.2, 0) is 17.6 Å². The van der Waals surface area contributed by atoms with E-state index in [1.54, 1.807) is 0 Å². The Kier molecular flexibility index (Phi) is 7.37. The number of halogens is 1. The van der Waals surface area contributed by atoms with Crippen molar-refractivity contribution in [2.75, 3.05) is 29.1 Å². The van der Waals surface area contributed by atoms with Crippen LogP contribution in [0.3, 0.4) is 0 Å². The van der Waals surface area contributed by atoms with Gasteiger partial charge in [-0.3, -0.25) is 9.36 Å². The fourth-order valence-corrected chi connectivity index (χ4v) is 4.96. The predicted molar refractivity (Wildman–Crippen MR) is 132 cm³/mol. The highest BCUT2D eigenvalue weighted by molar-refractivity contribution is 7.99. The molecule has 0 bridgehead atoms. The number of aromatic nitrogens is 3.